The summed E-state index contributed by atoms with van der Waals surface area (Å²) in [6.45, 7) is 1.50. The molecule has 2 aromatic carbocycles. The third kappa shape index (κ3) is 3.78. The number of carboxylic acids is 1. The maximum Gasteiger partial charge on any atom is 0.307 e. The summed E-state index contributed by atoms with van der Waals surface area (Å²) in [4.78, 5) is 11.1. The number of halogens is 1. The van der Waals surface area contributed by atoms with Crippen LogP contribution in [0.4, 0.5) is 0 Å². The molecule has 0 aliphatic carbocycles. The number of rotatable bonds is 3. The highest BCUT2D eigenvalue weighted by molar-refractivity contribution is 9.10. The molecule has 2 heterocycles. The molecule has 1 aromatic heterocycles. The van der Waals surface area contributed by atoms with Crippen LogP contribution in [0.5, 0.6) is 0 Å². The summed E-state index contributed by atoms with van der Waals surface area (Å²) in [6.07, 6.45) is 3.05. The first-order valence-electron chi connectivity index (χ1n) is 8.81. The number of hydrogen-bond acceptors (Lipinski definition) is 2. The van der Waals surface area contributed by atoms with E-state index in [4.69, 9.17) is 9.84 Å². The van der Waals surface area contributed by atoms with Crippen LogP contribution < -0.4 is 0 Å². The lowest BCUT2D eigenvalue weighted by Crippen LogP contribution is -2.06. The Morgan fingerprint density at radius 2 is 2.04 bits per heavy atom. The van der Waals surface area contributed by atoms with E-state index in [1.807, 2.05) is 30.3 Å². The Morgan fingerprint density at radius 1 is 1.22 bits per heavy atom. The fraction of sp³-hybridized carbons (Fsp3) is 0.227. The molecule has 0 spiro atoms. The van der Waals surface area contributed by atoms with E-state index in [9.17, 15) is 4.79 Å². The molecule has 0 bridgehead atoms. The van der Waals surface area contributed by atoms with Crippen molar-refractivity contribution in [3.8, 4) is 11.8 Å². The largest absolute Gasteiger partial charge is 0.481 e. The lowest BCUT2D eigenvalue weighted by molar-refractivity contribution is -0.136. The minimum absolute atomic E-state index is 0.0302. The van der Waals surface area contributed by atoms with Gasteiger partial charge in [-0.25, -0.2) is 0 Å². The first-order valence-corrected chi connectivity index (χ1v) is 9.60. The molecule has 27 heavy (non-hydrogen) atoms. The van der Waals surface area contributed by atoms with E-state index in [1.54, 1.807) is 0 Å². The van der Waals surface area contributed by atoms with Gasteiger partial charge in [-0.05, 0) is 36.2 Å². The third-order valence-electron chi connectivity index (χ3n) is 4.79. The SMILES string of the molecule is O=C(O)Cc1ccccc1C#Cc1cn(C2CCOC2)c2ccc(Br)cc12. The molecular weight excluding hydrogens is 406 g/mol. The van der Waals surface area contributed by atoms with Crippen LogP contribution in [0.1, 0.15) is 29.2 Å². The number of ether oxygens (including phenoxy) is 1. The van der Waals surface area contributed by atoms with E-state index in [-0.39, 0.29) is 6.42 Å². The van der Waals surface area contributed by atoms with Gasteiger partial charge in [-0.1, -0.05) is 46.0 Å². The predicted molar refractivity (Wildman–Crippen MR) is 108 cm³/mol. The van der Waals surface area contributed by atoms with Gasteiger partial charge in [0, 0.05) is 33.7 Å². The highest BCUT2D eigenvalue weighted by Gasteiger charge is 2.20. The van der Waals surface area contributed by atoms with Gasteiger partial charge in [-0.3, -0.25) is 4.79 Å². The number of hydrogen-bond donors (Lipinski definition) is 1. The van der Waals surface area contributed by atoms with Crippen molar-refractivity contribution in [3.05, 3.63) is 69.8 Å². The Kier molecular flexibility index (Phi) is 5.02. The van der Waals surface area contributed by atoms with Crippen molar-refractivity contribution in [1.29, 1.82) is 0 Å². The summed E-state index contributed by atoms with van der Waals surface area (Å²) in [5.74, 6) is 5.58. The van der Waals surface area contributed by atoms with Gasteiger partial charge >= 0.3 is 5.97 Å². The topological polar surface area (TPSA) is 51.5 Å². The smallest absolute Gasteiger partial charge is 0.307 e. The molecule has 4 rings (SSSR count). The standard InChI is InChI=1S/C22H18BrNO3/c23-18-7-8-21-20(12-18)17(13-24(21)19-9-10-27-14-19)6-5-15-3-1-2-4-16(15)11-22(25)26/h1-4,7-8,12-13,19H,9-11,14H2,(H,25,26). The zero-order chi connectivity index (χ0) is 18.8. The Bertz CT molecular complexity index is 1070. The van der Waals surface area contributed by atoms with E-state index in [1.165, 1.54) is 0 Å². The molecule has 0 amide bonds. The average Bonchev–Trinajstić information content (AvgIpc) is 3.28. The normalized spacial score (nSPS) is 16.3. The average molecular weight is 424 g/mol. The Morgan fingerprint density at radius 3 is 2.81 bits per heavy atom. The molecule has 0 radical (unpaired) electrons. The van der Waals surface area contributed by atoms with E-state index in [0.717, 1.165) is 45.1 Å². The molecule has 136 valence electrons. The van der Waals surface area contributed by atoms with Gasteiger partial charge in [0.15, 0.2) is 0 Å². The van der Waals surface area contributed by atoms with Crippen molar-refractivity contribution in [2.24, 2.45) is 0 Å². The fourth-order valence-electron chi connectivity index (χ4n) is 3.46. The zero-order valence-electron chi connectivity index (χ0n) is 14.6. The minimum Gasteiger partial charge on any atom is -0.481 e. The molecular formula is C22H18BrNO3. The molecule has 1 aliphatic rings. The Balaban J connectivity index is 1.79. The molecule has 4 nitrogen and oxygen atoms in total. The van der Waals surface area contributed by atoms with E-state index >= 15 is 0 Å². The molecule has 1 fully saturated rings. The van der Waals surface area contributed by atoms with Crippen LogP contribution >= 0.6 is 15.9 Å². The summed E-state index contributed by atoms with van der Waals surface area (Å²) in [7, 11) is 0. The summed E-state index contributed by atoms with van der Waals surface area (Å²) in [5.41, 5.74) is 3.55. The van der Waals surface area contributed by atoms with Crippen LogP contribution in [0.15, 0.2) is 53.1 Å². The second-order valence-corrected chi connectivity index (χ2v) is 7.52. The highest BCUT2D eigenvalue weighted by Crippen LogP contribution is 2.30. The van der Waals surface area contributed by atoms with Crippen molar-refractivity contribution in [2.75, 3.05) is 13.2 Å². The van der Waals surface area contributed by atoms with E-state index < -0.39 is 5.97 Å². The molecule has 5 heteroatoms. The monoisotopic (exact) mass is 423 g/mol. The molecule has 1 atom stereocenters. The van der Waals surface area contributed by atoms with Crippen LogP contribution in [0.2, 0.25) is 0 Å². The van der Waals surface area contributed by atoms with Crippen molar-refractivity contribution < 1.29 is 14.6 Å². The van der Waals surface area contributed by atoms with Crippen molar-refractivity contribution in [2.45, 2.75) is 18.9 Å². The molecule has 1 N–H and O–H groups in total. The zero-order valence-corrected chi connectivity index (χ0v) is 16.2. The van der Waals surface area contributed by atoms with Crippen LogP contribution in [0.25, 0.3) is 10.9 Å². The van der Waals surface area contributed by atoms with E-state index in [2.05, 4.69) is 50.7 Å². The lowest BCUT2D eigenvalue weighted by atomic mass is 10.0. The van der Waals surface area contributed by atoms with Crippen LogP contribution in [0.3, 0.4) is 0 Å². The maximum absolute atomic E-state index is 11.1. The maximum atomic E-state index is 11.1. The number of carboxylic acid groups (broad SMARTS) is 1. The second kappa shape index (κ2) is 7.59. The first-order chi connectivity index (χ1) is 13.1. The molecule has 3 aromatic rings. The van der Waals surface area contributed by atoms with Gasteiger partial charge < -0.3 is 14.4 Å². The predicted octanol–water partition coefficient (Wildman–Crippen LogP) is 4.39. The number of fused-ring (bicyclic) bond motifs is 1. The molecule has 1 saturated heterocycles. The van der Waals surface area contributed by atoms with Gasteiger partial charge in [0.2, 0.25) is 0 Å². The van der Waals surface area contributed by atoms with Crippen LogP contribution in [-0.2, 0) is 16.0 Å². The van der Waals surface area contributed by atoms with Crippen LogP contribution in [0, 0.1) is 11.8 Å². The summed E-state index contributed by atoms with van der Waals surface area (Å²) in [6, 6.07) is 13.9. The molecule has 1 aliphatic heterocycles. The number of benzene rings is 2. The van der Waals surface area contributed by atoms with Gasteiger partial charge in [0.25, 0.3) is 0 Å². The summed E-state index contributed by atoms with van der Waals surface area (Å²) >= 11 is 3.55. The lowest BCUT2D eigenvalue weighted by Gasteiger charge is -2.11. The number of aromatic nitrogens is 1. The minimum atomic E-state index is -0.856. The summed E-state index contributed by atoms with van der Waals surface area (Å²) in [5, 5.41) is 10.2. The van der Waals surface area contributed by atoms with E-state index in [0.29, 0.717) is 12.6 Å². The van der Waals surface area contributed by atoms with Gasteiger partial charge in [-0.2, -0.15) is 0 Å². The molecule has 1 unspecified atom stereocenters. The summed E-state index contributed by atoms with van der Waals surface area (Å²) < 4.78 is 8.81. The fourth-order valence-corrected chi connectivity index (χ4v) is 3.83. The Hall–Kier alpha value is -2.55. The van der Waals surface area contributed by atoms with Gasteiger partial charge in [-0.15, -0.1) is 0 Å². The van der Waals surface area contributed by atoms with Gasteiger partial charge in [0.05, 0.1) is 24.6 Å². The van der Waals surface area contributed by atoms with Crippen LogP contribution in [-0.4, -0.2) is 28.9 Å². The van der Waals surface area contributed by atoms with Crippen molar-refractivity contribution >= 4 is 32.8 Å². The quantitative estimate of drug-likeness (QED) is 0.635. The Labute approximate surface area is 165 Å². The third-order valence-corrected chi connectivity index (χ3v) is 5.28. The second-order valence-electron chi connectivity index (χ2n) is 6.61. The number of carbonyl (C=O) groups is 1. The first kappa shape index (κ1) is 17.8. The highest BCUT2D eigenvalue weighted by atomic mass is 79.9. The van der Waals surface area contributed by atoms with Crippen molar-refractivity contribution in [3.63, 3.8) is 0 Å². The van der Waals surface area contributed by atoms with Gasteiger partial charge in [0.1, 0.15) is 0 Å². The molecule has 0 saturated carbocycles. The van der Waals surface area contributed by atoms with Crippen molar-refractivity contribution in [1.82, 2.24) is 4.57 Å². The number of nitrogens with zero attached hydrogens (tertiary/aromatic N) is 1. The number of aliphatic carboxylic acids is 1.